The lowest BCUT2D eigenvalue weighted by Crippen LogP contribution is -2.32. The molecule has 2 N–H and O–H groups in total. The fraction of sp³-hybridized carbons (Fsp3) is 0.417. The number of rotatable bonds is 6. The zero-order valence-corrected chi connectivity index (χ0v) is 19.2. The lowest BCUT2D eigenvalue weighted by Gasteiger charge is -2.39. The molecule has 1 aliphatic rings. The number of carboxylic acid groups (broad SMARTS) is 1. The van der Waals surface area contributed by atoms with E-state index in [0.717, 1.165) is 16.7 Å². The Morgan fingerprint density at radius 3 is 2.64 bits per heavy atom. The van der Waals surface area contributed by atoms with E-state index < -0.39 is 11.4 Å². The highest BCUT2D eigenvalue weighted by Crippen LogP contribution is 2.45. The molecule has 9 nitrogen and oxygen atoms in total. The maximum Gasteiger partial charge on any atom is 0.341 e. The first-order valence-corrected chi connectivity index (χ1v) is 10.9. The first kappa shape index (κ1) is 22.7. The molecule has 1 aromatic carbocycles. The van der Waals surface area contributed by atoms with E-state index in [4.69, 9.17) is 4.74 Å². The highest BCUT2D eigenvalue weighted by atomic mass is 16.5. The molecule has 0 amide bonds. The molecule has 0 aliphatic carbocycles. The summed E-state index contributed by atoms with van der Waals surface area (Å²) < 4.78 is 9.47. The number of carboxylic acids is 1. The number of benzene rings is 1. The van der Waals surface area contributed by atoms with Gasteiger partial charge in [-0.2, -0.15) is 0 Å². The number of carbonyl (C=O) groups is 1. The van der Waals surface area contributed by atoms with E-state index in [0.29, 0.717) is 36.7 Å². The maximum atomic E-state index is 12.6. The predicted octanol–water partition coefficient (Wildman–Crippen LogP) is 3.01. The number of fused-ring (bicyclic) bond motifs is 3. The number of nitrogens with zero attached hydrogens (tertiary/aromatic N) is 4. The smallest absolute Gasteiger partial charge is 0.341 e. The van der Waals surface area contributed by atoms with Crippen molar-refractivity contribution in [1.82, 2.24) is 19.3 Å². The van der Waals surface area contributed by atoms with Crippen LogP contribution in [0.2, 0.25) is 0 Å². The van der Waals surface area contributed by atoms with Crippen molar-refractivity contribution >= 4 is 5.97 Å². The Kier molecular flexibility index (Phi) is 5.84. The Hall–Kier alpha value is -3.46. The van der Waals surface area contributed by atoms with Crippen molar-refractivity contribution in [3.05, 3.63) is 52.1 Å². The normalized spacial score (nSPS) is 15.1. The number of hydrogen-bond donors (Lipinski definition) is 2. The number of methoxy groups -OCH3 is 1. The van der Waals surface area contributed by atoms with Crippen LogP contribution in [-0.4, -0.2) is 49.2 Å². The van der Waals surface area contributed by atoms with E-state index in [1.54, 1.807) is 13.4 Å². The van der Waals surface area contributed by atoms with Crippen molar-refractivity contribution in [1.29, 1.82) is 0 Å². The van der Waals surface area contributed by atoms with Gasteiger partial charge in [0.15, 0.2) is 11.3 Å². The number of aliphatic hydroxyl groups is 1. The third-order valence-electron chi connectivity index (χ3n) is 6.17. The highest BCUT2D eigenvalue weighted by molar-refractivity contribution is 5.88. The topological polar surface area (TPSA) is 119 Å². The SMILES string of the molecule is COc1cc2c(cc1-c1nncn1CCCO)CC(C(C)(C)C)n1cc(C(=O)O)c(=O)cc1-2. The Labute approximate surface area is 191 Å². The van der Waals surface area contributed by atoms with Crippen LogP contribution < -0.4 is 10.2 Å². The van der Waals surface area contributed by atoms with Gasteiger partial charge in [-0.3, -0.25) is 4.79 Å². The highest BCUT2D eigenvalue weighted by Gasteiger charge is 2.34. The molecule has 4 rings (SSSR count). The summed E-state index contributed by atoms with van der Waals surface area (Å²) in [6.45, 7) is 6.93. The van der Waals surface area contributed by atoms with Crippen molar-refractivity contribution in [2.24, 2.45) is 5.41 Å². The van der Waals surface area contributed by atoms with Crippen LogP contribution in [0.15, 0.2) is 35.5 Å². The van der Waals surface area contributed by atoms with E-state index in [1.165, 1.54) is 12.3 Å². The van der Waals surface area contributed by atoms with Gasteiger partial charge in [0.05, 0.1) is 18.4 Å². The molecule has 3 heterocycles. The third-order valence-corrected chi connectivity index (χ3v) is 6.17. The lowest BCUT2D eigenvalue weighted by atomic mass is 9.78. The van der Waals surface area contributed by atoms with Gasteiger partial charge >= 0.3 is 5.97 Å². The summed E-state index contributed by atoms with van der Waals surface area (Å²) in [6.07, 6.45) is 4.32. The monoisotopic (exact) mass is 452 g/mol. The predicted molar refractivity (Wildman–Crippen MR) is 123 cm³/mol. The van der Waals surface area contributed by atoms with Gasteiger partial charge < -0.3 is 24.1 Å². The number of aromatic carboxylic acids is 1. The molecule has 0 saturated heterocycles. The van der Waals surface area contributed by atoms with Gasteiger partial charge in [-0.15, -0.1) is 10.2 Å². The molecule has 1 unspecified atom stereocenters. The first-order valence-electron chi connectivity index (χ1n) is 10.9. The second-order valence-corrected chi connectivity index (χ2v) is 9.37. The van der Waals surface area contributed by atoms with Crippen LogP contribution in [-0.2, 0) is 13.0 Å². The number of ether oxygens (including phenoxy) is 1. The van der Waals surface area contributed by atoms with Crippen LogP contribution in [0.1, 0.15) is 49.2 Å². The Balaban J connectivity index is 1.94. The summed E-state index contributed by atoms with van der Waals surface area (Å²) >= 11 is 0. The van der Waals surface area contributed by atoms with Crippen molar-refractivity contribution < 1.29 is 19.7 Å². The second-order valence-electron chi connectivity index (χ2n) is 9.37. The van der Waals surface area contributed by atoms with E-state index in [2.05, 4.69) is 31.0 Å². The van der Waals surface area contributed by atoms with Gasteiger partial charge in [0, 0.05) is 37.0 Å². The minimum Gasteiger partial charge on any atom is -0.496 e. The van der Waals surface area contributed by atoms with Crippen LogP contribution in [0.5, 0.6) is 5.75 Å². The quantitative estimate of drug-likeness (QED) is 0.590. The summed E-state index contributed by atoms with van der Waals surface area (Å²) in [5.74, 6) is -0.0222. The van der Waals surface area contributed by atoms with Gasteiger partial charge in [-0.05, 0) is 36.0 Å². The molecule has 3 aromatic rings. The summed E-state index contributed by atoms with van der Waals surface area (Å²) in [7, 11) is 1.57. The van der Waals surface area contributed by atoms with Crippen LogP contribution in [0.3, 0.4) is 0 Å². The van der Waals surface area contributed by atoms with Gasteiger partial charge in [-0.25, -0.2) is 4.79 Å². The van der Waals surface area contributed by atoms with Crippen LogP contribution >= 0.6 is 0 Å². The van der Waals surface area contributed by atoms with Crippen molar-refractivity contribution in [3.8, 4) is 28.4 Å². The molecule has 0 spiro atoms. The largest absolute Gasteiger partial charge is 0.496 e. The third kappa shape index (κ3) is 4.04. The van der Waals surface area contributed by atoms with Gasteiger partial charge in [0.1, 0.15) is 17.6 Å². The molecule has 0 saturated carbocycles. The molecule has 1 atom stereocenters. The molecule has 0 bridgehead atoms. The minimum absolute atomic E-state index is 0.0628. The summed E-state index contributed by atoms with van der Waals surface area (Å²) in [5.41, 5.74) is 2.32. The molecule has 174 valence electrons. The Morgan fingerprint density at radius 1 is 1.24 bits per heavy atom. The van der Waals surface area contributed by atoms with Crippen LogP contribution in [0.25, 0.3) is 22.6 Å². The van der Waals surface area contributed by atoms with Crippen LogP contribution in [0, 0.1) is 5.41 Å². The molecule has 1 aliphatic heterocycles. The molecular weight excluding hydrogens is 424 g/mol. The average molecular weight is 453 g/mol. The molecular formula is C24H28N4O5. The summed E-state index contributed by atoms with van der Waals surface area (Å²) in [5, 5.41) is 27.0. The fourth-order valence-corrected chi connectivity index (χ4v) is 4.46. The molecule has 2 aromatic heterocycles. The van der Waals surface area contributed by atoms with Gasteiger partial charge in [0.25, 0.3) is 0 Å². The summed E-state index contributed by atoms with van der Waals surface area (Å²) in [4.78, 5) is 24.2. The number of aryl methyl sites for hydroxylation is 1. The number of aliphatic hydroxyl groups excluding tert-OH is 1. The van der Waals surface area contributed by atoms with E-state index in [1.807, 2.05) is 21.3 Å². The van der Waals surface area contributed by atoms with Crippen molar-refractivity contribution in [2.45, 2.75) is 46.2 Å². The van der Waals surface area contributed by atoms with Crippen molar-refractivity contribution in [3.63, 3.8) is 0 Å². The summed E-state index contributed by atoms with van der Waals surface area (Å²) in [6, 6.07) is 5.24. The maximum absolute atomic E-state index is 12.6. The van der Waals surface area contributed by atoms with Gasteiger partial charge in [-0.1, -0.05) is 20.8 Å². The standard InChI is InChI=1S/C24H28N4O5/c1-24(2,3)21-9-14-8-16(22-26-25-13-27(22)6-5-7-29)20(33-4)10-15(14)18-11-19(30)17(23(31)32)12-28(18)21/h8,10-13,21,29H,5-7,9H2,1-4H3,(H,31,32). The van der Waals surface area contributed by atoms with Gasteiger partial charge in [0.2, 0.25) is 0 Å². The Morgan fingerprint density at radius 2 is 2.00 bits per heavy atom. The second kappa shape index (κ2) is 8.47. The van der Waals surface area contributed by atoms with Crippen LogP contribution in [0.4, 0.5) is 0 Å². The zero-order chi connectivity index (χ0) is 23.9. The zero-order valence-electron chi connectivity index (χ0n) is 19.2. The molecule has 0 radical (unpaired) electrons. The molecule has 33 heavy (non-hydrogen) atoms. The van der Waals surface area contributed by atoms with Crippen molar-refractivity contribution in [2.75, 3.05) is 13.7 Å². The van der Waals surface area contributed by atoms with E-state index in [9.17, 15) is 19.8 Å². The number of pyridine rings is 1. The van der Waals surface area contributed by atoms with E-state index >= 15 is 0 Å². The minimum atomic E-state index is -1.23. The van der Waals surface area contributed by atoms with E-state index in [-0.39, 0.29) is 23.6 Å². The molecule has 0 fully saturated rings. The Bertz CT molecular complexity index is 1270. The number of hydrogen-bond acceptors (Lipinski definition) is 6. The average Bonchev–Trinajstić information content (AvgIpc) is 3.23. The number of aromatic nitrogens is 4. The molecule has 9 heteroatoms. The first-order chi connectivity index (χ1) is 15.7. The fourth-order valence-electron chi connectivity index (χ4n) is 4.46. The lowest BCUT2D eigenvalue weighted by molar-refractivity contribution is 0.0693.